The third kappa shape index (κ3) is 6.38. The molecular formula is C23H29ClN2O2. The molecule has 2 rings (SSSR count). The van der Waals surface area contributed by atoms with Crippen LogP contribution in [0.25, 0.3) is 0 Å². The minimum atomic E-state index is -0.617. The molecule has 4 nitrogen and oxygen atoms in total. The molecule has 0 saturated heterocycles. The van der Waals surface area contributed by atoms with Crippen LogP contribution in [-0.4, -0.2) is 28.3 Å². The van der Waals surface area contributed by atoms with Gasteiger partial charge in [-0.25, -0.2) is 0 Å². The predicted molar refractivity (Wildman–Crippen MR) is 114 cm³/mol. The van der Waals surface area contributed by atoms with Crippen LogP contribution in [0.15, 0.2) is 48.5 Å². The van der Waals surface area contributed by atoms with Crippen LogP contribution in [0, 0.1) is 6.92 Å². The fraction of sp³-hybridized carbons (Fsp3) is 0.391. The molecule has 0 unspecified atom stereocenters. The number of benzene rings is 2. The fourth-order valence-electron chi connectivity index (χ4n) is 2.85. The second-order valence-corrected chi connectivity index (χ2v) is 8.60. The van der Waals surface area contributed by atoms with E-state index >= 15 is 0 Å². The van der Waals surface area contributed by atoms with Crippen molar-refractivity contribution in [3.8, 4) is 0 Å². The molecule has 0 radical (unpaired) electrons. The van der Waals surface area contributed by atoms with Crippen molar-refractivity contribution in [2.45, 2.75) is 59.2 Å². The number of hydrogen-bond acceptors (Lipinski definition) is 2. The molecule has 0 bridgehead atoms. The Morgan fingerprint density at radius 1 is 1.07 bits per heavy atom. The van der Waals surface area contributed by atoms with E-state index in [1.807, 2.05) is 70.2 Å². The summed E-state index contributed by atoms with van der Waals surface area (Å²) in [4.78, 5) is 27.5. The van der Waals surface area contributed by atoms with Gasteiger partial charge in [-0.3, -0.25) is 9.59 Å². The molecule has 0 fully saturated rings. The molecule has 0 heterocycles. The molecule has 150 valence electrons. The second kappa shape index (κ2) is 9.24. The van der Waals surface area contributed by atoms with Gasteiger partial charge < -0.3 is 10.2 Å². The van der Waals surface area contributed by atoms with Crippen molar-refractivity contribution in [1.82, 2.24) is 10.2 Å². The normalized spacial score (nSPS) is 12.4. The number of amides is 2. The average molecular weight is 401 g/mol. The summed E-state index contributed by atoms with van der Waals surface area (Å²) < 4.78 is 0. The summed E-state index contributed by atoms with van der Waals surface area (Å²) in [6, 6.07) is 14.6. The maximum Gasteiger partial charge on any atom is 0.242 e. The number of nitrogens with zero attached hydrogens (tertiary/aromatic N) is 1. The number of hydrogen-bond donors (Lipinski definition) is 1. The van der Waals surface area contributed by atoms with Crippen LogP contribution in [0.1, 0.15) is 44.4 Å². The van der Waals surface area contributed by atoms with Crippen LogP contribution in [0.5, 0.6) is 0 Å². The highest BCUT2D eigenvalue weighted by Gasteiger charge is 2.28. The first-order chi connectivity index (χ1) is 13.1. The van der Waals surface area contributed by atoms with Crippen molar-refractivity contribution in [3.63, 3.8) is 0 Å². The summed E-state index contributed by atoms with van der Waals surface area (Å²) in [6.45, 7) is 9.81. The lowest BCUT2D eigenvalue weighted by molar-refractivity contribution is -0.140. The van der Waals surface area contributed by atoms with E-state index in [9.17, 15) is 9.59 Å². The molecule has 0 aromatic heterocycles. The Morgan fingerprint density at radius 3 is 2.25 bits per heavy atom. The molecular weight excluding hydrogens is 372 g/mol. The van der Waals surface area contributed by atoms with E-state index in [-0.39, 0.29) is 30.3 Å². The molecule has 0 aliphatic carbocycles. The van der Waals surface area contributed by atoms with Crippen molar-refractivity contribution in [2.24, 2.45) is 0 Å². The lowest BCUT2D eigenvalue weighted by Gasteiger charge is -2.31. The first-order valence-corrected chi connectivity index (χ1v) is 9.85. The number of aryl methyl sites for hydroxylation is 1. The van der Waals surface area contributed by atoms with E-state index in [4.69, 9.17) is 11.6 Å². The largest absolute Gasteiger partial charge is 0.350 e. The first-order valence-electron chi connectivity index (χ1n) is 9.47. The van der Waals surface area contributed by atoms with Crippen LogP contribution < -0.4 is 5.32 Å². The SMILES string of the molecule is Cc1ccc(CC(=O)N(Cc2ccccc2Cl)[C@@H](C)C(=O)NC(C)(C)C)cc1. The van der Waals surface area contributed by atoms with Gasteiger partial charge in [0.2, 0.25) is 11.8 Å². The predicted octanol–water partition coefficient (Wildman–Crippen LogP) is 4.52. The number of carbonyl (C=O) groups excluding carboxylic acids is 2. The van der Waals surface area contributed by atoms with Gasteiger partial charge >= 0.3 is 0 Å². The van der Waals surface area contributed by atoms with Crippen LogP contribution in [-0.2, 0) is 22.6 Å². The lowest BCUT2D eigenvalue weighted by Crippen LogP contribution is -2.52. The number of carbonyl (C=O) groups is 2. The van der Waals surface area contributed by atoms with Gasteiger partial charge in [-0.1, -0.05) is 59.6 Å². The smallest absolute Gasteiger partial charge is 0.242 e. The van der Waals surface area contributed by atoms with Gasteiger partial charge in [-0.05, 0) is 51.8 Å². The van der Waals surface area contributed by atoms with Crippen molar-refractivity contribution < 1.29 is 9.59 Å². The Hall–Kier alpha value is -2.33. The molecule has 2 aromatic rings. The summed E-state index contributed by atoms with van der Waals surface area (Å²) in [6.07, 6.45) is 0.234. The highest BCUT2D eigenvalue weighted by atomic mass is 35.5. The maximum absolute atomic E-state index is 13.1. The number of halogens is 1. The van der Waals surface area contributed by atoms with Crippen molar-refractivity contribution in [1.29, 1.82) is 0 Å². The Morgan fingerprint density at radius 2 is 1.68 bits per heavy atom. The van der Waals surface area contributed by atoms with E-state index in [1.54, 1.807) is 17.9 Å². The Kier molecular flexibility index (Phi) is 7.25. The minimum absolute atomic E-state index is 0.111. The Bertz CT molecular complexity index is 825. The maximum atomic E-state index is 13.1. The summed E-state index contributed by atoms with van der Waals surface area (Å²) in [7, 11) is 0. The van der Waals surface area contributed by atoms with Gasteiger partial charge in [0.25, 0.3) is 0 Å². The monoisotopic (exact) mass is 400 g/mol. The quantitative estimate of drug-likeness (QED) is 0.774. The molecule has 0 saturated carbocycles. The fourth-order valence-corrected chi connectivity index (χ4v) is 3.04. The van der Waals surface area contributed by atoms with Crippen LogP contribution >= 0.6 is 11.6 Å². The molecule has 28 heavy (non-hydrogen) atoms. The third-order valence-corrected chi connectivity index (χ3v) is 4.81. The van der Waals surface area contributed by atoms with Crippen molar-refractivity contribution in [3.05, 3.63) is 70.2 Å². The van der Waals surface area contributed by atoms with Gasteiger partial charge in [0.1, 0.15) is 6.04 Å². The zero-order chi connectivity index (χ0) is 20.9. The molecule has 2 aromatic carbocycles. The van der Waals surface area contributed by atoms with E-state index in [1.165, 1.54) is 0 Å². The van der Waals surface area contributed by atoms with E-state index < -0.39 is 6.04 Å². The second-order valence-electron chi connectivity index (χ2n) is 8.19. The van der Waals surface area contributed by atoms with Crippen molar-refractivity contribution in [2.75, 3.05) is 0 Å². The number of nitrogens with one attached hydrogen (secondary N) is 1. The highest BCUT2D eigenvalue weighted by molar-refractivity contribution is 6.31. The van der Waals surface area contributed by atoms with Crippen molar-refractivity contribution >= 4 is 23.4 Å². The zero-order valence-corrected chi connectivity index (χ0v) is 18.0. The van der Waals surface area contributed by atoms with Gasteiger partial charge in [0.15, 0.2) is 0 Å². The summed E-state index contributed by atoms with van der Waals surface area (Å²) in [5, 5.41) is 3.54. The topological polar surface area (TPSA) is 49.4 Å². The molecule has 1 atom stereocenters. The molecule has 0 aliphatic heterocycles. The van der Waals surface area contributed by atoms with Crippen LogP contribution in [0.4, 0.5) is 0 Å². The number of rotatable bonds is 6. The summed E-state index contributed by atoms with van der Waals surface area (Å²) >= 11 is 6.30. The molecule has 5 heteroatoms. The molecule has 2 amide bonds. The van der Waals surface area contributed by atoms with Gasteiger partial charge in [-0.15, -0.1) is 0 Å². The Labute approximate surface area is 172 Å². The molecule has 0 aliphatic rings. The summed E-state index contributed by atoms with van der Waals surface area (Å²) in [5.74, 6) is -0.294. The molecule has 1 N–H and O–H groups in total. The average Bonchev–Trinajstić information content (AvgIpc) is 2.61. The van der Waals surface area contributed by atoms with E-state index in [0.29, 0.717) is 5.02 Å². The Balaban J connectivity index is 2.26. The summed E-state index contributed by atoms with van der Waals surface area (Å²) in [5.41, 5.74) is 2.50. The third-order valence-electron chi connectivity index (χ3n) is 4.44. The van der Waals surface area contributed by atoms with E-state index in [2.05, 4.69) is 5.32 Å². The highest BCUT2D eigenvalue weighted by Crippen LogP contribution is 2.20. The van der Waals surface area contributed by atoms with Crippen LogP contribution in [0.3, 0.4) is 0 Å². The lowest BCUT2D eigenvalue weighted by atomic mass is 10.1. The van der Waals surface area contributed by atoms with Gasteiger partial charge in [0.05, 0.1) is 6.42 Å². The van der Waals surface area contributed by atoms with Crippen LogP contribution in [0.2, 0.25) is 5.02 Å². The standard InChI is InChI=1S/C23H29ClN2O2/c1-16-10-12-18(13-11-16)14-21(27)26(15-19-8-6-7-9-20(19)24)17(2)22(28)25-23(3,4)5/h6-13,17H,14-15H2,1-5H3,(H,25,28)/t17-/m0/s1. The van der Waals surface area contributed by atoms with E-state index in [0.717, 1.165) is 16.7 Å². The minimum Gasteiger partial charge on any atom is -0.350 e. The van der Waals surface area contributed by atoms with Gasteiger partial charge in [0, 0.05) is 17.1 Å². The van der Waals surface area contributed by atoms with Gasteiger partial charge in [-0.2, -0.15) is 0 Å². The molecule has 0 spiro atoms. The zero-order valence-electron chi connectivity index (χ0n) is 17.3. The first kappa shape index (κ1) is 22.0.